The van der Waals surface area contributed by atoms with Crippen LogP contribution in [-0.4, -0.2) is 69.3 Å². The Labute approximate surface area is 177 Å². The average Bonchev–Trinajstić information content (AvgIpc) is 2.74. The highest BCUT2D eigenvalue weighted by atomic mass is 35.5. The van der Waals surface area contributed by atoms with Gasteiger partial charge in [0.25, 0.3) is 0 Å². The zero-order valence-corrected chi connectivity index (χ0v) is 17.7. The summed E-state index contributed by atoms with van der Waals surface area (Å²) in [5.74, 6) is 0.513. The number of amides is 1. The van der Waals surface area contributed by atoms with Gasteiger partial charge >= 0.3 is 0 Å². The molecule has 29 heavy (non-hydrogen) atoms. The lowest BCUT2D eigenvalue weighted by Gasteiger charge is -2.38. The first-order chi connectivity index (χ1) is 14.1. The molecule has 1 amide bonds. The summed E-state index contributed by atoms with van der Waals surface area (Å²) in [7, 11) is 3.29. The first-order valence-electron chi connectivity index (χ1n) is 9.77. The summed E-state index contributed by atoms with van der Waals surface area (Å²) in [5.41, 5.74) is 1.63. The summed E-state index contributed by atoms with van der Waals surface area (Å²) < 4.78 is 10.4. The quantitative estimate of drug-likeness (QED) is 0.714. The van der Waals surface area contributed by atoms with E-state index in [9.17, 15) is 4.79 Å². The van der Waals surface area contributed by atoms with Gasteiger partial charge in [0, 0.05) is 45.5 Å². The third kappa shape index (κ3) is 5.70. The van der Waals surface area contributed by atoms with Gasteiger partial charge in [-0.1, -0.05) is 41.9 Å². The van der Waals surface area contributed by atoms with Crippen LogP contribution < -0.4 is 10.1 Å². The van der Waals surface area contributed by atoms with E-state index >= 15 is 0 Å². The predicted octanol–water partition coefficient (Wildman–Crippen LogP) is 3.29. The Hall–Kier alpha value is -2.12. The average molecular weight is 418 g/mol. The topological polar surface area (TPSA) is 54.0 Å². The Morgan fingerprint density at radius 2 is 1.83 bits per heavy atom. The first kappa shape index (κ1) is 21.6. The summed E-state index contributed by atoms with van der Waals surface area (Å²) in [6, 6.07) is 14.8. The fourth-order valence-corrected chi connectivity index (χ4v) is 3.84. The number of rotatable bonds is 8. The van der Waals surface area contributed by atoms with E-state index in [-0.39, 0.29) is 11.9 Å². The third-order valence-electron chi connectivity index (χ3n) is 5.17. The second-order valence-electron chi connectivity index (χ2n) is 7.02. The van der Waals surface area contributed by atoms with Gasteiger partial charge in [-0.3, -0.25) is 14.6 Å². The second-order valence-corrected chi connectivity index (χ2v) is 7.43. The fourth-order valence-electron chi connectivity index (χ4n) is 3.58. The van der Waals surface area contributed by atoms with Crippen molar-refractivity contribution >= 4 is 23.2 Å². The zero-order valence-electron chi connectivity index (χ0n) is 16.9. The molecule has 0 unspecified atom stereocenters. The predicted molar refractivity (Wildman–Crippen MR) is 116 cm³/mol. The van der Waals surface area contributed by atoms with Crippen molar-refractivity contribution < 1.29 is 14.3 Å². The number of halogens is 1. The molecular formula is C22H28ClN3O3. The molecule has 0 spiro atoms. The van der Waals surface area contributed by atoms with Crippen LogP contribution in [0.25, 0.3) is 0 Å². The molecule has 2 aromatic rings. The molecule has 156 valence electrons. The molecule has 1 saturated heterocycles. The Kier molecular flexibility index (Phi) is 7.89. The van der Waals surface area contributed by atoms with Crippen molar-refractivity contribution in [3.8, 4) is 5.75 Å². The molecule has 0 aliphatic carbocycles. The molecule has 0 saturated carbocycles. The van der Waals surface area contributed by atoms with E-state index in [1.165, 1.54) is 0 Å². The van der Waals surface area contributed by atoms with Crippen molar-refractivity contribution in [3.05, 3.63) is 59.1 Å². The van der Waals surface area contributed by atoms with Crippen LogP contribution in [0.4, 0.5) is 5.69 Å². The van der Waals surface area contributed by atoms with Crippen LogP contribution in [0.3, 0.4) is 0 Å². The van der Waals surface area contributed by atoms with Crippen LogP contribution in [0.15, 0.2) is 48.5 Å². The van der Waals surface area contributed by atoms with Crippen molar-refractivity contribution in [2.45, 2.75) is 6.04 Å². The third-order valence-corrected chi connectivity index (χ3v) is 5.46. The second kappa shape index (κ2) is 10.6. The molecule has 7 heteroatoms. The molecule has 1 atom stereocenters. The monoisotopic (exact) mass is 417 g/mol. The molecular weight excluding hydrogens is 390 g/mol. The van der Waals surface area contributed by atoms with Crippen molar-refractivity contribution in [1.29, 1.82) is 0 Å². The van der Waals surface area contributed by atoms with Crippen LogP contribution in [0.2, 0.25) is 5.02 Å². The van der Waals surface area contributed by atoms with Gasteiger partial charge in [0.1, 0.15) is 11.8 Å². The number of nitrogens with one attached hydrogen (secondary N) is 1. The molecule has 1 aliphatic heterocycles. The Balaban J connectivity index is 1.74. The van der Waals surface area contributed by atoms with Gasteiger partial charge in [-0.2, -0.15) is 0 Å². The number of piperazine rings is 1. The largest absolute Gasteiger partial charge is 0.495 e. The van der Waals surface area contributed by atoms with Crippen LogP contribution in [0.5, 0.6) is 5.75 Å². The number of carbonyl (C=O) groups is 1. The minimum Gasteiger partial charge on any atom is -0.495 e. The number of nitrogens with zero attached hydrogens (tertiary/aromatic N) is 2. The number of ether oxygens (including phenoxy) is 2. The van der Waals surface area contributed by atoms with Crippen molar-refractivity contribution in [3.63, 3.8) is 0 Å². The van der Waals surface area contributed by atoms with E-state index in [2.05, 4.69) is 15.1 Å². The van der Waals surface area contributed by atoms with Gasteiger partial charge in [-0.15, -0.1) is 0 Å². The summed E-state index contributed by atoms with van der Waals surface area (Å²) in [6.45, 7) is 5.10. The summed E-state index contributed by atoms with van der Waals surface area (Å²) in [4.78, 5) is 17.9. The van der Waals surface area contributed by atoms with Crippen molar-refractivity contribution in [2.75, 3.05) is 58.9 Å². The molecule has 0 aromatic heterocycles. The zero-order chi connectivity index (χ0) is 20.6. The van der Waals surface area contributed by atoms with Gasteiger partial charge in [-0.05, 0) is 23.8 Å². The van der Waals surface area contributed by atoms with E-state index in [1.807, 2.05) is 30.3 Å². The number of hydrogen-bond acceptors (Lipinski definition) is 5. The SMILES string of the molecule is COCCN1CCN([C@H](C(=O)Nc2ccc(OC)c(Cl)c2)c2ccccc2)CC1. The lowest BCUT2D eigenvalue weighted by Crippen LogP contribution is -2.50. The standard InChI is InChI=1S/C22H28ClN3O3/c1-28-15-14-25-10-12-26(13-11-25)21(17-6-4-3-5-7-17)22(27)24-18-8-9-20(29-2)19(23)16-18/h3-9,16,21H,10-15H2,1-2H3,(H,24,27)/t21-/m0/s1. The van der Waals surface area contributed by atoms with E-state index in [4.69, 9.17) is 21.1 Å². The molecule has 2 aromatic carbocycles. The van der Waals surface area contributed by atoms with Gasteiger partial charge < -0.3 is 14.8 Å². The molecule has 0 radical (unpaired) electrons. The lowest BCUT2D eigenvalue weighted by atomic mass is 10.0. The first-order valence-corrected chi connectivity index (χ1v) is 10.1. The fraction of sp³-hybridized carbons (Fsp3) is 0.409. The lowest BCUT2D eigenvalue weighted by molar-refractivity contribution is -0.122. The maximum absolute atomic E-state index is 13.3. The number of anilines is 1. The highest BCUT2D eigenvalue weighted by Gasteiger charge is 2.30. The van der Waals surface area contributed by atoms with Gasteiger partial charge in [0.05, 0.1) is 18.7 Å². The minimum absolute atomic E-state index is 0.0669. The molecule has 1 N–H and O–H groups in total. The van der Waals surface area contributed by atoms with Crippen LogP contribution in [0, 0.1) is 0 Å². The Morgan fingerprint density at radius 3 is 2.45 bits per heavy atom. The summed E-state index contributed by atoms with van der Waals surface area (Å²) in [6.07, 6.45) is 0. The van der Waals surface area contributed by atoms with Crippen LogP contribution in [0.1, 0.15) is 11.6 Å². The highest BCUT2D eigenvalue weighted by molar-refractivity contribution is 6.32. The maximum Gasteiger partial charge on any atom is 0.246 e. The molecule has 1 fully saturated rings. The molecule has 0 bridgehead atoms. The van der Waals surface area contributed by atoms with Crippen molar-refractivity contribution in [2.24, 2.45) is 0 Å². The molecule has 1 aliphatic rings. The van der Waals surface area contributed by atoms with E-state index in [0.29, 0.717) is 16.5 Å². The van der Waals surface area contributed by atoms with E-state index in [1.54, 1.807) is 32.4 Å². The van der Waals surface area contributed by atoms with E-state index < -0.39 is 0 Å². The normalized spacial score (nSPS) is 16.4. The van der Waals surface area contributed by atoms with Crippen LogP contribution >= 0.6 is 11.6 Å². The minimum atomic E-state index is -0.360. The maximum atomic E-state index is 13.3. The number of benzene rings is 2. The number of methoxy groups -OCH3 is 2. The van der Waals surface area contributed by atoms with Gasteiger partial charge in [-0.25, -0.2) is 0 Å². The Bertz CT molecular complexity index is 795. The molecule has 1 heterocycles. The van der Waals surface area contributed by atoms with Crippen LogP contribution in [-0.2, 0) is 9.53 Å². The van der Waals surface area contributed by atoms with Gasteiger partial charge in [0.2, 0.25) is 5.91 Å². The number of hydrogen-bond donors (Lipinski definition) is 1. The van der Waals surface area contributed by atoms with E-state index in [0.717, 1.165) is 44.9 Å². The Morgan fingerprint density at radius 1 is 1.10 bits per heavy atom. The highest BCUT2D eigenvalue weighted by Crippen LogP contribution is 2.29. The molecule has 3 rings (SSSR count). The van der Waals surface area contributed by atoms with Crippen molar-refractivity contribution in [1.82, 2.24) is 9.80 Å². The summed E-state index contributed by atoms with van der Waals surface area (Å²) in [5, 5.41) is 3.49. The summed E-state index contributed by atoms with van der Waals surface area (Å²) >= 11 is 6.21. The smallest absolute Gasteiger partial charge is 0.246 e. The molecule has 6 nitrogen and oxygen atoms in total. The number of carbonyl (C=O) groups excluding carboxylic acids is 1. The van der Waals surface area contributed by atoms with Gasteiger partial charge in [0.15, 0.2) is 0 Å².